The number of hydrogen-bond acceptors (Lipinski definition) is 3. The van der Waals surface area contributed by atoms with Crippen molar-refractivity contribution in [3.05, 3.63) is 48.5 Å². The van der Waals surface area contributed by atoms with Gasteiger partial charge in [-0.1, -0.05) is 24.3 Å². The number of nitrogens with zero attached hydrogens (tertiary/aromatic N) is 1. The summed E-state index contributed by atoms with van der Waals surface area (Å²) >= 11 is 0. The maximum absolute atomic E-state index is 5.79. The molecule has 0 saturated heterocycles. The molecular weight excluding hydrogens is 202 g/mol. The minimum absolute atomic E-state index is 0.808. The highest BCUT2D eigenvalue weighted by Crippen LogP contribution is 2.45. The van der Waals surface area contributed by atoms with E-state index in [-0.39, 0.29) is 0 Å². The van der Waals surface area contributed by atoms with Gasteiger partial charge in [0.1, 0.15) is 11.4 Å². The van der Waals surface area contributed by atoms with E-state index >= 15 is 0 Å². The molecule has 1 heterocycles. The van der Waals surface area contributed by atoms with E-state index in [4.69, 9.17) is 9.57 Å². The van der Waals surface area contributed by atoms with Gasteiger partial charge >= 0.3 is 0 Å². The SMILES string of the molecule is CON1c2ccccc2Oc2ccccc21. The molecule has 0 bridgehead atoms. The first-order valence-electron chi connectivity index (χ1n) is 5.10. The van der Waals surface area contributed by atoms with Gasteiger partial charge in [-0.25, -0.2) is 5.06 Å². The molecule has 0 aromatic heterocycles. The molecule has 0 unspecified atom stereocenters. The first-order chi connectivity index (χ1) is 7.90. The zero-order chi connectivity index (χ0) is 11.0. The van der Waals surface area contributed by atoms with Crippen molar-refractivity contribution in [3.63, 3.8) is 0 Å². The van der Waals surface area contributed by atoms with Crippen LogP contribution in [0.5, 0.6) is 11.5 Å². The van der Waals surface area contributed by atoms with Crippen molar-refractivity contribution in [2.45, 2.75) is 0 Å². The molecule has 3 heteroatoms. The molecule has 0 fully saturated rings. The number of benzene rings is 2. The lowest BCUT2D eigenvalue weighted by atomic mass is 10.2. The Bertz CT molecular complexity index is 479. The fourth-order valence-corrected chi connectivity index (χ4v) is 1.87. The summed E-state index contributed by atoms with van der Waals surface area (Å²) < 4.78 is 5.79. The molecule has 0 radical (unpaired) electrons. The monoisotopic (exact) mass is 213 g/mol. The minimum Gasteiger partial charge on any atom is -0.453 e. The fraction of sp³-hybridized carbons (Fsp3) is 0.0769. The van der Waals surface area contributed by atoms with Gasteiger partial charge in [0.2, 0.25) is 0 Å². The Morgan fingerprint density at radius 2 is 1.38 bits per heavy atom. The van der Waals surface area contributed by atoms with Crippen LogP contribution in [-0.2, 0) is 4.84 Å². The highest BCUT2D eigenvalue weighted by Gasteiger charge is 2.23. The summed E-state index contributed by atoms with van der Waals surface area (Å²) in [7, 11) is 1.65. The number of ether oxygens (including phenoxy) is 1. The van der Waals surface area contributed by atoms with E-state index in [2.05, 4.69) is 0 Å². The Hall–Kier alpha value is -2.00. The summed E-state index contributed by atoms with van der Waals surface area (Å²) in [5.74, 6) is 1.62. The predicted octanol–water partition coefficient (Wildman–Crippen LogP) is 3.49. The second kappa shape index (κ2) is 3.54. The number of hydrogen-bond donors (Lipinski definition) is 0. The molecule has 0 atom stereocenters. The molecule has 0 saturated carbocycles. The smallest absolute Gasteiger partial charge is 0.153 e. The van der Waals surface area contributed by atoms with Gasteiger partial charge in [0.15, 0.2) is 11.5 Å². The zero-order valence-electron chi connectivity index (χ0n) is 8.88. The molecule has 0 N–H and O–H groups in total. The first kappa shape index (κ1) is 9.24. The summed E-state index contributed by atoms with van der Waals surface area (Å²) in [5, 5.41) is 1.77. The molecule has 0 aliphatic carbocycles. The zero-order valence-corrected chi connectivity index (χ0v) is 8.88. The lowest BCUT2D eigenvalue weighted by Gasteiger charge is -2.30. The van der Waals surface area contributed by atoms with Gasteiger partial charge in [0.25, 0.3) is 0 Å². The third kappa shape index (κ3) is 1.26. The predicted molar refractivity (Wildman–Crippen MR) is 62.1 cm³/mol. The average molecular weight is 213 g/mol. The lowest BCUT2D eigenvalue weighted by Crippen LogP contribution is -2.19. The number of anilines is 2. The Kier molecular flexibility index (Phi) is 2.04. The lowest BCUT2D eigenvalue weighted by molar-refractivity contribution is 0.194. The molecule has 16 heavy (non-hydrogen) atoms. The van der Waals surface area contributed by atoms with Crippen LogP contribution in [0.15, 0.2) is 48.5 Å². The van der Waals surface area contributed by atoms with Crippen LogP contribution in [0.2, 0.25) is 0 Å². The van der Waals surface area contributed by atoms with Crippen LogP contribution in [0.1, 0.15) is 0 Å². The molecule has 3 nitrogen and oxygen atoms in total. The van der Waals surface area contributed by atoms with Gasteiger partial charge in [-0.2, -0.15) is 0 Å². The topological polar surface area (TPSA) is 21.7 Å². The van der Waals surface area contributed by atoms with Crippen LogP contribution >= 0.6 is 0 Å². The van der Waals surface area contributed by atoms with Crippen molar-refractivity contribution in [1.82, 2.24) is 0 Å². The van der Waals surface area contributed by atoms with Crippen molar-refractivity contribution in [1.29, 1.82) is 0 Å². The van der Waals surface area contributed by atoms with Crippen molar-refractivity contribution < 1.29 is 9.57 Å². The van der Waals surface area contributed by atoms with E-state index in [9.17, 15) is 0 Å². The largest absolute Gasteiger partial charge is 0.453 e. The highest BCUT2D eigenvalue weighted by atomic mass is 16.7. The second-order valence-electron chi connectivity index (χ2n) is 3.51. The van der Waals surface area contributed by atoms with Gasteiger partial charge in [-0.15, -0.1) is 0 Å². The van der Waals surface area contributed by atoms with Gasteiger partial charge in [0.05, 0.1) is 7.11 Å². The maximum atomic E-state index is 5.79. The van der Waals surface area contributed by atoms with E-state index in [0.29, 0.717) is 0 Å². The first-order valence-corrected chi connectivity index (χ1v) is 5.10. The standard InChI is InChI=1S/C13H11NO2/c1-15-14-10-6-2-4-8-12(10)16-13-9-5-3-7-11(13)14/h2-9H,1H3. The number of para-hydroxylation sites is 4. The molecule has 0 amide bonds. The molecule has 80 valence electrons. The van der Waals surface area contributed by atoms with Crippen LogP contribution in [0.3, 0.4) is 0 Å². The summed E-state index contributed by atoms with van der Waals surface area (Å²) in [6, 6.07) is 15.6. The van der Waals surface area contributed by atoms with Gasteiger partial charge in [0, 0.05) is 0 Å². The van der Waals surface area contributed by atoms with Crippen molar-refractivity contribution in [2.24, 2.45) is 0 Å². The van der Waals surface area contributed by atoms with E-state index in [1.807, 2.05) is 48.5 Å². The van der Waals surface area contributed by atoms with Crippen LogP contribution in [0.25, 0.3) is 0 Å². The van der Waals surface area contributed by atoms with Crippen LogP contribution in [-0.4, -0.2) is 7.11 Å². The van der Waals surface area contributed by atoms with Crippen molar-refractivity contribution in [3.8, 4) is 11.5 Å². The Balaban J connectivity index is 2.19. The molecule has 1 aliphatic heterocycles. The van der Waals surface area contributed by atoms with E-state index in [1.165, 1.54) is 0 Å². The molecule has 2 aromatic rings. The Morgan fingerprint density at radius 1 is 0.875 bits per heavy atom. The Labute approximate surface area is 93.8 Å². The number of fused-ring (bicyclic) bond motifs is 2. The molecule has 2 aromatic carbocycles. The molecular formula is C13H11NO2. The number of rotatable bonds is 1. The van der Waals surface area contributed by atoms with Crippen LogP contribution < -0.4 is 9.80 Å². The third-order valence-electron chi connectivity index (χ3n) is 2.57. The van der Waals surface area contributed by atoms with E-state index in [1.54, 1.807) is 12.2 Å². The third-order valence-corrected chi connectivity index (χ3v) is 2.57. The summed E-state index contributed by atoms with van der Waals surface area (Å²) in [4.78, 5) is 5.40. The summed E-state index contributed by atoms with van der Waals surface area (Å²) in [5.41, 5.74) is 1.84. The fourth-order valence-electron chi connectivity index (χ4n) is 1.87. The molecule has 3 rings (SSSR count). The maximum Gasteiger partial charge on any atom is 0.153 e. The van der Waals surface area contributed by atoms with Gasteiger partial charge in [-0.3, -0.25) is 4.84 Å². The summed E-state index contributed by atoms with van der Waals surface area (Å²) in [6.45, 7) is 0. The van der Waals surface area contributed by atoms with Crippen LogP contribution in [0, 0.1) is 0 Å². The quantitative estimate of drug-likeness (QED) is 0.723. The molecule has 0 spiro atoms. The molecule has 1 aliphatic rings. The van der Waals surface area contributed by atoms with E-state index in [0.717, 1.165) is 22.9 Å². The second-order valence-corrected chi connectivity index (χ2v) is 3.51. The summed E-state index contributed by atoms with van der Waals surface area (Å²) in [6.07, 6.45) is 0. The van der Waals surface area contributed by atoms with Gasteiger partial charge in [-0.05, 0) is 24.3 Å². The average Bonchev–Trinajstić information content (AvgIpc) is 2.36. The van der Waals surface area contributed by atoms with Gasteiger partial charge < -0.3 is 4.74 Å². The van der Waals surface area contributed by atoms with E-state index < -0.39 is 0 Å². The minimum atomic E-state index is 0.808. The highest BCUT2D eigenvalue weighted by molar-refractivity contribution is 5.75. The van der Waals surface area contributed by atoms with Crippen molar-refractivity contribution in [2.75, 3.05) is 12.2 Å². The normalized spacial score (nSPS) is 12.7. The van der Waals surface area contributed by atoms with Crippen molar-refractivity contribution >= 4 is 11.4 Å². The van der Waals surface area contributed by atoms with Crippen LogP contribution in [0.4, 0.5) is 11.4 Å². The Morgan fingerprint density at radius 3 is 1.88 bits per heavy atom.